The summed E-state index contributed by atoms with van der Waals surface area (Å²) in [6, 6.07) is 11.6. The Hall–Kier alpha value is -2.07. The first-order valence-corrected chi connectivity index (χ1v) is 6.59. The molecule has 2 aromatic rings. The molecular formula is C16H20N2O2. The standard InChI is InChI=1S/C16H20N2O2/c1-12(19)16-14(8-6-9-15(16)20-3)18(2)11-13-7-4-5-10-17-13/h4-10,12,19H,11H2,1-3H3/t12-/m0/s1. The van der Waals surface area contributed by atoms with E-state index in [1.165, 1.54) is 0 Å². The SMILES string of the molecule is COc1cccc(N(C)Cc2ccccn2)c1[C@H](C)O. The predicted molar refractivity (Wildman–Crippen MR) is 80.0 cm³/mol. The van der Waals surface area contributed by atoms with E-state index in [-0.39, 0.29) is 0 Å². The van der Waals surface area contributed by atoms with Crippen LogP contribution in [0.4, 0.5) is 5.69 Å². The van der Waals surface area contributed by atoms with Crippen LogP contribution in [0.1, 0.15) is 24.3 Å². The van der Waals surface area contributed by atoms with Crippen LogP contribution in [0, 0.1) is 0 Å². The van der Waals surface area contributed by atoms with Gasteiger partial charge < -0.3 is 14.7 Å². The van der Waals surface area contributed by atoms with Crippen molar-refractivity contribution >= 4 is 5.69 Å². The highest BCUT2D eigenvalue weighted by atomic mass is 16.5. The van der Waals surface area contributed by atoms with Crippen LogP contribution >= 0.6 is 0 Å². The number of nitrogens with zero attached hydrogens (tertiary/aromatic N) is 2. The van der Waals surface area contributed by atoms with Gasteiger partial charge in [-0.2, -0.15) is 0 Å². The lowest BCUT2D eigenvalue weighted by atomic mass is 10.1. The zero-order chi connectivity index (χ0) is 14.5. The van der Waals surface area contributed by atoms with Crippen molar-refractivity contribution in [3.63, 3.8) is 0 Å². The lowest BCUT2D eigenvalue weighted by molar-refractivity contribution is 0.194. The van der Waals surface area contributed by atoms with Gasteiger partial charge in [-0.25, -0.2) is 0 Å². The first-order valence-electron chi connectivity index (χ1n) is 6.59. The van der Waals surface area contributed by atoms with E-state index < -0.39 is 6.10 Å². The molecule has 0 fully saturated rings. The van der Waals surface area contributed by atoms with E-state index in [0.717, 1.165) is 16.9 Å². The maximum Gasteiger partial charge on any atom is 0.126 e. The maximum absolute atomic E-state index is 10.0. The van der Waals surface area contributed by atoms with Crippen molar-refractivity contribution < 1.29 is 9.84 Å². The van der Waals surface area contributed by atoms with Gasteiger partial charge in [0.1, 0.15) is 5.75 Å². The summed E-state index contributed by atoms with van der Waals surface area (Å²) in [5.41, 5.74) is 2.73. The second-order valence-corrected chi connectivity index (χ2v) is 4.75. The fourth-order valence-corrected chi connectivity index (χ4v) is 2.28. The molecule has 0 saturated carbocycles. The number of hydrogen-bond acceptors (Lipinski definition) is 4. The minimum atomic E-state index is -0.590. The van der Waals surface area contributed by atoms with Gasteiger partial charge in [0.25, 0.3) is 0 Å². The molecule has 20 heavy (non-hydrogen) atoms. The van der Waals surface area contributed by atoms with Crippen molar-refractivity contribution in [2.45, 2.75) is 19.6 Å². The molecule has 0 aliphatic carbocycles. The van der Waals surface area contributed by atoms with Crippen LogP contribution in [-0.2, 0) is 6.54 Å². The molecule has 0 aliphatic rings. The molecule has 1 heterocycles. The highest BCUT2D eigenvalue weighted by Gasteiger charge is 2.17. The second kappa shape index (κ2) is 6.39. The van der Waals surface area contributed by atoms with Crippen LogP contribution in [0.5, 0.6) is 5.75 Å². The largest absolute Gasteiger partial charge is 0.496 e. The average molecular weight is 272 g/mol. The molecule has 0 bridgehead atoms. The fraction of sp³-hybridized carbons (Fsp3) is 0.312. The van der Waals surface area contributed by atoms with Crippen LogP contribution in [-0.4, -0.2) is 24.2 Å². The van der Waals surface area contributed by atoms with Gasteiger partial charge in [-0.15, -0.1) is 0 Å². The van der Waals surface area contributed by atoms with Crippen LogP contribution < -0.4 is 9.64 Å². The van der Waals surface area contributed by atoms with Crippen molar-refractivity contribution in [3.05, 3.63) is 53.9 Å². The number of anilines is 1. The molecule has 0 amide bonds. The summed E-state index contributed by atoms with van der Waals surface area (Å²) in [5, 5.41) is 10.0. The van der Waals surface area contributed by atoms with E-state index in [4.69, 9.17) is 4.74 Å². The Balaban J connectivity index is 2.32. The van der Waals surface area contributed by atoms with E-state index in [1.54, 1.807) is 20.2 Å². The first-order chi connectivity index (χ1) is 9.63. The molecule has 0 spiro atoms. The van der Waals surface area contributed by atoms with E-state index in [1.807, 2.05) is 43.4 Å². The van der Waals surface area contributed by atoms with Gasteiger partial charge in [0.15, 0.2) is 0 Å². The summed E-state index contributed by atoms with van der Waals surface area (Å²) in [6.07, 6.45) is 1.19. The molecule has 1 aromatic carbocycles. The second-order valence-electron chi connectivity index (χ2n) is 4.75. The number of pyridine rings is 1. The normalized spacial score (nSPS) is 12.0. The fourth-order valence-electron chi connectivity index (χ4n) is 2.28. The van der Waals surface area contributed by atoms with Crippen molar-refractivity contribution in [2.75, 3.05) is 19.1 Å². The monoisotopic (exact) mass is 272 g/mol. The van der Waals surface area contributed by atoms with Crippen molar-refractivity contribution in [3.8, 4) is 5.75 Å². The van der Waals surface area contributed by atoms with E-state index in [2.05, 4.69) is 9.88 Å². The molecule has 0 unspecified atom stereocenters. The lowest BCUT2D eigenvalue weighted by Crippen LogP contribution is -2.19. The zero-order valence-electron chi connectivity index (χ0n) is 12.1. The first kappa shape index (κ1) is 14.3. The minimum absolute atomic E-state index is 0.590. The third-order valence-electron chi connectivity index (χ3n) is 3.22. The van der Waals surface area contributed by atoms with E-state index in [0.29, 0.717) is 12.3 Å². The molecule has 1 N–H and O–H groups in total. The number of aliphatic hydroxyl groups excluding tert-OH is 1. The summed E-state index contributed by atoms with van der Waals surface area (Å²) in [7, 11) is 3.60. The van der Waals surface area contributed by atoms with Crippen LogP contribution in [0.3, 0.4) is 0 Å². The Morgan fingerprint density at radius 3 is 2.65 bits per heavy atom. The van der Waals surface area contributed by atoms with Gasteiger partial charge in [0.2, 0.25) is 0 Å². The third-order valence-corrected chi connectivity index (χ3v) is 3.22. The number of ether oxygens (including phenoxy) is 1. The number of rotatable bonds is 5. The van der Waals surface area contributed by atoms with Gasteiger partial charge >= 0.3 is 0 Å². The van der Waals surface area contributed by atoms with Crippen LogP contribution in [0.2, 0.25) is 0 Å². The Bertz CT molecular complexity index is 556. The Morgan fingerprint density at radius 2 is 2.05 bits per heavy atom. The minimum Gasteiger partial charge on any atom is -0.496 e. The molecule has 0 saturated heterocycles. The van der Waals surface area contributed by atoms with Crippen molar-refractivity contribution in [1.29, 1.82) is 0 Å². The highest BCUT2D eigenvalue weighted by Crippen LogP contribution is 2.34. The van der Waals surface area contributed by atoms with Gasteiger partial charge in [-0.3, -0.25) is 4.98 Å². The summed E-state index contributed by atoms with van der Waals surface area (Å²) < 4.78 is 5.35. The molecule has 4 heteroatoms. The number of aromatic nitrogens is 1. The maximum atomic E-state index is 10.0. The molecule has 0 radical (unpaired) electrons. The number of aliphatic hydroxyl groups is 1. The molecule has 4 nitrogen and oxygen atoms in total. The van der Waals surface area contributed by atoms with Gasteiger partial charge in [-0.05, 0) is 31.2 Å². The highest BCUT2D eigenvalue weighted by molar-refractivity contribution is 5.60. The summed E-state index contributed by atoms with van der Waals surface area (Å²) >= 11 is 0. The third kappa shape index (κ3) is 3.08. The average Bonchev–Trinajstić information content (AvgIpc) is 2.47. The van der Waals surface area contributed by atoms with Gasteiger partial charge in [0, 0.05) is 24.5 Å². The molecular weight excluding hydrogens is 252 g/mol. The van der Waals surface area contributed by atoms with Crippen LogP contribution in [0.15, 0.2) is 42.6 Å². The lowest BCUT2D eigenvalue weighted by Gasteiger charge is -2.24. The quantitative estimate of drug-likeness (QED) is 0.909. The molecule has 2 rings (SSSR count). The topological polar surface area (TPSA) is 45.6 Å². The Labute approximate surface area is 119 Å². The molecule has 1 atom stereocenters. The zero-order valence-corrected chi connectivity index (χ0v) is 12.1. The van der Waals surface area contributed by atoms with E-state index >= 15 is 0 Å². The van der Waals surface area contributed by atoms with Gasteiger partial charge in [0.05, 0.1) is 25.5 Å². The summed E-state index contributed by atoms with van der Waals surface area (Å²) in [4.78, 5) is 6.39. The number of benzene rings is 1. The van der Waals surface area contributed by atoms with Crippen LogP contribution in [0.25, 0.3) is 0 Å². The van der Waals surface area contributed by atoms with Crippen molar-refractivity contribution in [2.24, 2.45) is 0 Å². The Kier molecular flexibility index (Phi) is 4.58. The smallest absolute Gasteiger partial charge is 0.126 e. The molecule has 106 valence electrons. The summed E-state index contributed by atoms with van der Waals surface area (Å²) in [6.45, 7) is 2.42. The molecule has 0 aliphatic heterocycles. The Morgan fingerprint density at radius 1 is 1.25 bits per heavy atom. The van der Waals surface area contributed by atoms with Crippen molar-refractivity contribution in [1.82, 2.24) is 4.98 Å². The van der Waals surface area contributed by atoms with E-state index in [9.17, 15) is 5.11 Å². The van der Waals surface area contributed by atoms with Gasteiger partial charge in [-0.1, -0.05) is 12.1 Å². The molecule has 1 aromatic heterocycles. The summed E-state index contributed by atoms with van der Waals surface area (Å²) in [5.74, 6) is 0.699. The number of methoxy groups -OCH3 is 1. The number of hydrogen-bond donors (Lipinski definition) is 1. The predicted octanol–water partition coefficient (Wildman–Crippen LogP) is 2.78.